The minimum absolute atomic E-state index is 0.0153. The number of anilines is 1. The molecule has 0 fully saturated rings. The molecule has 19 heavy (non-hydrogen) atoms. The van der Waals surface area contributed by atoms with Crippen molar-refractivity contribution >= 4 is 28.8 Å². The smallest absolute Gasteiger partial charge is 0.250 e. The number of carbonyl (C=O) groups excluding carboxylic acids is 1. The molecule has 0 bridgehead atoms. The van der Waals surface area contributed by atoms with Crippen molar-refractivity contribution in [1.29, 1.82) is 0 Å². The zero-order chi connectivity index (χ0) is 14.4. The highest BCUT2D eigenvalue weighted by Crippen LogP contribution is 2.28. The van der Waals surface area contributed by atoms with Gasteiger partial charge in [0.1, 0.15) is 17.3 Å². The van der Waals surface area contributed by atoms with Gasteiger partial charge in [-0.05, 0) is 26.0 Å². The predicted octanol–water partition coefficient (Wildman–Crippen LogP) is 1.69. The first-order chi connectivity index (χ1) is 8.95. The maximum absolute atomic E-state index is 11.8. The minimum Gasteiger partial charge on any atom is -0.495 e. The number of hydrogen-bond donors (Lipinski definition) is 2. The van der Waals surface area contributed by atoms with Crippen LogP contribution in [0, 0.1) is 0 Å². The first-order valence-corrected chi connectivity index (χ1v) is 6.24. The van der Waals surface area contributed by atoms with E-state index in [0.717, 1.165) is 0 Å². The molecule has 104 valence electrons. The fourth-order valence-corrected chi connectivity index (χ4v) is 1.62. The molecule has 1 aromatic rings. The van der Waals surface area contributed by atoms with Crippen molar-refractivity contribution in [3.05, 3.63) is 23.8 Å². The van der Waals surface area contributed by atoms with Gasteiger partial charge in [-0.2, -0.15) is 0 Å². The topological polar surface area (TPSA) is 73.6 Å². The molecule has 5 nitrogen and oxygen atoms in total. The monoisotopic (exact) mass is 282 g/mol. The number of para-hydroxylation sites is 1. The van der Waals surface area contributed by atoms with Crippen molar-refractivity contribution in [2.75, 3.05) is 19.0 Å². The van der Waals surface area contributed by atoms with Gasteiger partial charge >= 0.3 is 0 Å². The van der Waals surface area contributed by atoms with E-state index in [4.69, 9.17) is 27.4 Å². The lowest BCUT2D eigenvalue weighted by atomic mass is 10.1. The third-order valence-corrected chi connectivity index (χ3v) is 2.54. The largest absolute Gasteiger partial charge is 0.495 e. The van der Waals surface area contributed by atoms with Crippen LogP contribution in [0.25, 0.3) is 0 Å². The van der Waals surface area contributed by atoms with Crippen LogP contribution in [0.15, 0.2) is 18.2 Å². The van der Waals surface area contributed by atoms with Crippen LogP contribution in [-0.4, -0.2) is 30.7 Å². The van der Waals surface area contributed by atoms with Crippen LogP contribution in [0.4, 0.5) is 5.69 Å². The van der Waals surface area contributed by atoms with Gasteiger partial charge in [-0.1, -0.05) is 18.3 Å². The summed E-state index contributed by atoms with van der Waals surface area (Å²) < 4.78 is 10.4. The summed E-state index contributed by atoms with van der Waals surface area (Å²) in [6.07, 6.45) is -0.0153. The fraction of sp³-hybridized carbons (Fsp3) is 0.385. The first-order valence-electron chi connectivity index (χ1n) is 5.84. The number of amides is 1. The standard InChI is InChI=1S/C13H18N2O3S/c1-8(2)18-7-11(16)15-12-9(13(14)19)5-4-6-10(12)17-3/h4-6,8H,7H2,1-3H3,(H2,14,19)(H,15,16). The van der Waals surface area contributed by atoms with E-state index in [1.54, 1.807) is 18.2 Å². The highest BCUT2D eigenvalue weighted by Gasteiger charge is 2.14. The Morgan fingerprint density at radius 3 is 2.68 bits per heavy atom. The zero-order valence-electron chi connectivity index (χ0n) is 11.2. The summed E-state index contributed by atoms with van der Waals surface area (Å²) in [6.45, 7) is 3.68. The third kappa shape index (κ3) is 4.50. The highest BCUT2D eigenvalue weighted by molar-refractivity contribution is 7.80. The molecular formula is C13H18N2O3S. The SMILES string of the molecule is COc1cccc(C(N)=S)c1NC(=O)COC(C)C. The van der Waals surface area contributed by atoms with Gasteiger partial charge in [0.05, 0.1) is 18.9 Å². The molecule has 0 aromatic heterocycles. The normalized spacial score (nSPS) is 10.3. The Bertz CT molecular complexity index is 475. The molecule has 6 heteroatoms. The second kappa shape index (κ2) is 7.06. The van der Waals surface area contributed by atoms with Crippen molar-refractivity contribution < 1.29 is 14.3 Å². The van der Waals surface area contributed by atoms with Gasteiger partial charge in [0.2, 0.25) is 0 Å². The van der Waals surface area contributed by atoms with Crippen LogP contribution in [0.1, 0.15) is 19.4 Å². The number of thiocarbonyl (C=S) groups is 1. The maximum Gasteiger partial charge on any atom is 0.250 e. The van der Waals surface area contributed by atoms with Crippen molar-refractivity contribution in [2.45, 2.75) is 20.0 Å². The summed E-state index contributed by atoms with van der Waals surface area (Å²) in [5.41, 5.74) is 6.66. The van der Waals surface area contributed by atoms with Crippen LogP contribution in [0.2, 0.25) is 0 Å². The molecule has 0 saturated carbocycles. The molecule has 3 N–H and O–H groups in total. The number of carbonyl (C=O) groups is 1. The van der Waals surface area contributed by atoms with Crippen LogP contribution in [0.5, 0.6) is 5.75 Å². The Kier molecular flexibility index (Phi) is 5.72. The minimum atomic E-state index is -0.282. The third-order valence-electron chi connectivity index (χ3n) is 2.32. The number of benzene rings is 1. The molecule has 0 aliphatic heterocycles. The average Bonchev–Trinajstić information content (AvgIpc) is 2.36. The number of methoxy groups -OCH3 is 1. The van der Waals surface area contributed by atoms with Gasteiger partial charge in [-0.3, -0.25) is 4.79 Å². The number of rotatable bonds is 6. The number of ether oxygens (including phenoxy) is 2. The quantitative estimate of drug-likeness (QED) is 0.777. The van der Waals surface area contributed by atoms with Crippen LogP contribution >= 0.6 is 12.2 Å². The van der Waals surface area contributed by atoms with Gasteiger partial charge in [0.15, 0.2) is 0 Å². The van der Waals surface area contributed by atoms with E-state index in [2.05, 4.69) is 5.32 Å². The highest BCUT2D eigenvalue weighted by atomic mass is 32.1. The summed E-state index contributed by atoms with van der Waals surface area (Å²) in [5, 5.41) is 2.71. The predicted molar refractivity (Wildman–Crippen MR) is 78.6 cm³/mol. The van der Waals surface area contributed by atoms with E-state index in [-0.39, 0.29) is 23.6 Å². The van der Waals surface area contributed by atoms with Gasteiger partial charge in [-0.15, -0.1) is 0 Å². The molecule has 1 aromatic carbocycles. The van der Waals surface area contributed by atoms with E-state index < -0.39 is 0 Å². The molecule has 0 radical (unpaired) electrons. The number of nitrogens with two attached hydrogens (primary N) is 1. The Hall–Kier alpha value is -1.66. The zero-order valence-corrected chi connectivity index (χ0v) is 12.0. The van der Waals surface area contributed by atoms with Gasteiger partial charge in [0, 0.05) is 5.56 Å². The van der Waals surface area contributed by atoms with Crippen molar-refractivity contribution in [3.63, 3.8) is 0 Å². The molecule has 0 spiro atoms. The number of nitrogens with one attached hydrogen (secondary N) is 1. The summed E-state index contributed by atoms with van der Waals surface area (Å²) in [4.78, 5) is 12.0. The lowest BCUT2D eigenvalue weighted by Crippen LogP contribution is -2.23. The molecule has 0 saturated heterocycles. The Morgan fingerprint density at radius 1 is 1.47 bits per heavy atom. The summed E-state index contributed by atoms with van der Waals surface area (Å²) in [7, 11) is 1.51. The molecule has 0 atom stereocenters. The van der Waals surface area contributed by atoms with Gasteiger partial charge in [0.25, 0.3) is 5.91 Å². The first kappa shape index (κ1) is 15.4. The maximum atomic E-state index is 11.8. The van der Waals surface area contributed by atoms with E-state index in [1.807, 2.05) is 13.8 Å². The molecule has 1 amide bonds. The molecule has 0 unspecified atom stereocenters. The van der Waals surface area contributed by atoms with Crippen molar-refractivity contribution in [1.82, 2.24) is 0 Å². The van der Waals surface area contributed by atoms with E-state index in [0.29, 0.717) is 17.0 Å². The van der Waals surface area contributed by atoms with Crippen molar-refractivity contribution in [3.8, 4) is 5.75 Å². The van der Waals surface area contributed by atoms with Crippen LogP contribution < -0.4 is 15.8 Å². The summed E-state index contributed by atoms with van der Waals surface area (Å²) >= 11 is 4.96. The Morgan fingerprint density at radius 2 is 2.16 bits per heavy atom. The Balaban J connectivity index is 2.92. The van der Waals surface area contributed by atoms with Crippen LogP contribution in [-0.2, 0) is 9.53 Å². The Labute approximate surface area is 118 Å². The van der Waals surface area contributed by atoms with Gasteiger partial charge in [-0.25, -0.2) is 0 Å². The molecule has 1 rings (SSSR count). The molecular weight excluding hydrogens is 264 g/mol. The average molecular weight is 282 g/mol. The van der Waals surface area contributed by atoms with E-state index >= 15 is 0 Å². The summed E-state index contributed by atoms with van der Waals surface area (Å²) in [6, 6.07) is 5.21. The second-order valence-corrected chi connectivity index (χ2v) is 4.59. The van der Waals surface area contributed by atoms with E-state index in [9.17, 15) is 4.79 Å². The number of hydrogen-bond acceptors (Lipinski definition) is 4. The van der Waals surface area contributed by atoms with Crippen LogP contribution in [0.3, 0.4) is 0 Å². The fourth-order valence-electron chi connectivity index (χ4n) is 1.45. The molecule has 0 aliphatic carbocycles. The lowest BCUT2D eigenvalue weighted by Gasteiger charge is -2.14. The van der Waals surface area contributed by atoms with E-state index in [1.165, 1.54) is 7.11 Å². The molecule has 0 heterocycles. The molecule has 0 aliphatic rings. The van der Waals surface area contributed by atoms with Gasteiger partial charge < -0.3 is 20.5 Å². The van der Waals surface area contributed by atoms with Crippen molar-refractivity contribution in [2.24, 2.45) is 5.73 Å². The lowest BCUT2D eigenvalue weighted by molar-refractivity contribution is -0.121. The second-order valence-electron chi connectivity index (χ2n) is 4.16. The summed E-state index contributed by atoms with van der Waals surface area (Å²) in [5.74, 6) is 0.221.